The van der Waals surface area contributed by atoms with Crippen LogP contribution in [0, 0.1) is 5.95 Å². The number of halogens is 3. The lowest BCUT2D eigenvalue weighted by molar-refractivity contribution is 0.0675. The fourth-order valence-corrected chi connectivity index (χ4v) is 0.833. The quantitative estimate of drug-likeness (QED) is 0.722. The molecule has 0 aliphatic rings. The molecule has 0 aliphatic heterocycles. The van der Waals surface area contributed by atoms with Crippen molar-refractivity contribution in [3.8, 4) is 5.75 Å². The molecule has 0 unspecified atom stereocenters. The number of carboxylic acid groups (broad SMARTS) is 1. The summed E-state index contributed by atoms with van der Waals surface area (Å²) in [6.07, 6.45) is -3.14. The minimum atomic E-state index is -3.14. The first-order valence-electron chi connectivity index (χ1n) is 3.34. The molecule has 1 heterocycles. The van der Waals surface area contributed by atoms with Gasteiger partial charge in [-0.2, -0.15) is 4.39 Å². The van der Waals surface area contributed by atoms with Gasteiger partial charge in [0, 0.05) is 0 Å². The smallest absolute Gasteiger partial charge is 0.355 e. The first-order chi connectivity index (χ1) is 6.43. The van der Waals surface area contributed by atoms with E-state index < -0.39 is 35.3 Å². The van der Waals surface area contributed by atoms with Crippen molar-refractivity contribution in [3.05, 3.63) is 23.3 Å². The molecule has 0 bridgehead atoms. The number of hydrogen-bond donors (Lipinski definition) is 2. The fraction of sp³-hybridized carbons (Fsp3) is 0.143. The fourth-order valence-electron chi connectivity index (χ4n) is 0.833. The molecule has 0 fully saturated rings. The second-order valence-corrected chi connectivity index (χ2v) is 2.34. The van der Waals surface area contributed by atoms with Crippen LogP contribution >= 0.6 is 0 Å². The van der Waals surface area contributed by atoms with Gasteiger partial charge in [-0.3, -0.25) is 0 Å². The molecular weight excluding hydrogens is 203 g/mol. The van der Waals surface area contributed by atoms with Crippen molar-refractivity contribution in [2.75, 3.05) is 0 Å². The number of hydrogen-bond acceptors (Lipinski definition) is 3. The number of carboxylic acids is 1. The zero-order valence-corrected chi connectivity index (χ0v) is 6.54. The molecular formula is C7H4F3NO3. The van der Waals surface area contributed by atoms with Gasteiger partial charge >= 0.3 is 5.97 Å². The molecule has 1 aromatic rings. The first kappa shape index (κ1) is 10.3. The summed E-state index contributed by atoms with van der Waals surface area (Å²) in [5, 5.41) is 17.1. The van der Waals surface area contributed by atoms with Gasteiger partial charge in [-0.25, -0.2) is 18.6 Å². The topological polar surface area (TPSA) is 70.4 Å². The average Bonchev–Trinajstić information content (AvgIpc) is 2.08. The molecule has 7 heteroatoms. The largest absolute Gasteiger partial charge is 0.504 e. The summed E-state index contributed by atoms with van der Waals surface area (Å²) in [6, 6.07) is 0.344. The van der Waals surface area contributed by atoms with E-state index >= 15 is 0 Å². The molecule has 0 amide bonds. The van der Waals surface area contributed by atoms with E-state index in [1.165, 1.54) is 0 Å². The standard InChI is InChI=1S/C7H4F3NO3/c8-5(9)2-1-3(12)6(10)11-4(2)7(13)14/h1,5,12H,(H,13,14). The van der Waals surface area contributed by atoms with Crippen LogP contribution in [0.25, 0.3) is 0 Å². The maximum atomic E-state index is 12.5. The molecule has 0 aliphatic carbocycles. The van der Waals surface area contributed by atoms with Crippen LogP contribution in [0.5, 0.6) is 5.75 Å². The van der Waals surface area contributed by atoms with Gasteiger partial charge in [-0.15, -0.1) is 0 Å². The van der Waals surface area contributed by atoms with Gasteiger partial charge in [0.2, 0.25) is 0 Å². The van der Waals surface area contributed by atoms with Crippen molar-refractivity contribution in [2.45, 2.75) is 6.43 Å². The number of carbonyl (C=O) groups is 1. The van der Waals surface area contributed by atoms with E-state index in [1.807, 2.05) is 0 Å². The molecule has 0 radical (unpaired) electrons. The Morgan fingerprint density at radius 1 is 1.50 bits per heavy atom. The molecule has 14 heavy (non-hydrogen) atoms. The zero-order chi connectivity index (χ0) is 10.9. The van der Waals surface area contributed by atoms with Crippen LogP contribution in [0.1, 0.15) is 22.5 Å². The van der Waals surface area contributed by atoms with Gasteiger partial charge in [0.05, 0.1) is 5.56 Å². The van der Waals surface area contributed by atoms with E-state index in [4.69, 9.17) is 10.2 Å². The van der Waals surface area contributed by atoms with Crippen LogP contribution < -0.4 is 0 Å². The summed E-state index contributed by atoms with van der Waals surface area (Å²) in [7, 11) is 0. The lowest BCUT2D eigenvalue weighted by Crippen LogP contribution is -2.07. The third-order valence-electron chi connectivity index (χ3n) is 1.42. The SMILES string of the molecule is O=C(O)c1nc(F)c(O)cc1C(F)F. The number of pyridine rings is 1. The molecule has 0 saturated carbocycles. The Kier molecular flexibility index (Phi) is 2.59. The highest BCUT2D eigenvalue weighted by Crippen LogP contribution is 2.26. The van der Waals surface area contributed by atoms with E-state index in [2.05, 4.69) is 4.98 Å². The Bertz CT molecular complexity index is 381. The molecule has 0 spiro atoms. The number of aromatic carboxylic acids is 1. The van der Waals surface area contributed by atoms with Crippen LogP contribution in [-0.2, 0) is 0 Å². The Hall–Kier alpha value is -1.79. The molecule has 4 nitrogen and oxygen atoms in total. The minimum Gasteiger partial charge on any atom is -0.504 e. The van der Waals surface area contributed by atoms with Crippen molar-refractivity contribution < 1.29 is 28.2 Å². The molecule has 0 atom stereocenters. The van der Waals surface area contributed by atoms with E-state index in [9.17, 15) is 18.0 Å². The summed E-state index contributed by atoms with van der Waals surface area (Å²) in [5.74, 6) is -4.38. The van der Waals surface area contributed by atoms with Crippen LogP contribution in [0.15, 0.2) is 6.07 Å². The molecule has 1 aromatic heterocycles. The lowest BCUT2D eigenvalue weighted by atomic mass is 10.2. The maximum absolute atomic E-state index is 12.5. The summed E-state index contributed by atoms with van der Waals surface area (Å²) < 4.78 is 36.8. The first-order valence-corrected chi connectivity index (χ1v) is 3.34. The Morgan fingerprint density at radius 2 is 2.07 bits per heavy atom. The highest BCUT2D eigenvalue weighted by Gasteiger charge is 2.22. The molecule has 76 valence electrons. The third kappa shape index (κ3) is 1.76. The van der Waals surface area contributed by atoms with Gasteiger partial charge in [0.25, 0.3) is 12.4 Å². The van der Waals surface area contributed by atoms with E-state index in [-0.39, 0.29) is 0 Å². The van der Waals surface area contributed by atoms with Crippen molar-refractivity contribution in [1.82, 2.24) is 4.98 Å². The number of nitrogens with zero attached hydrogens (tertiary/aromatic N) is 1. The molecule has 0 saturated heterocycles. The predicted molar refractivity (Wildman–Crippen MR) is 37.8 cm³/mol. The van der Waals surface area contributed by atoms with Crippen LogP contribution in [0.3, 0.4) is 0 Å². The Balaban J connectivity index is 3.39. The van der Waals surface area contributed by atoms with Crippen molar-refractivity contribution in [2.24, 2.45) is 0 Å². The van der Waals surface area contributed by atoms with Gasteiger partial charge in [-0.1, -0.05) is 0 Å². The summed E-state index contributed by atoms with van der Waals surface area (Å²) in [5.41, 5.74) is -2.12. The van der Waals surface area contributed by atoms with Crippen molar-refractivity contribution in [3.63, 3.8) is 0 Å². The van der Waals surface area contributed by atoms with E-state index in [1.54, 1.807) is 0 Å². The second-order valence-electron chi connectivity index (χ2n) is 2.34. The highest BCUT2D eigenvalue weighted by atomic mass is 19.3. The molecule has 0 aromatic carbocycles. The number of aromatic hydroxyl groups is 1. The van der Waals surface area contributed by atoms with Gasteiger partial charge in [-0.05, 0) is 6.07 Å². The summed E-state index contributed by atoms with van der Waals surface area (Å²) >= 11 is 0. The summed E-state index contributed by atoms with van der Waals surface area (Å²) in [6.45, 7) is 0. The van der Waals surface area contributed by atoms with Gasteiger partial charge < -0.3 is 10.2 Å². The van der Waals surface area contributed by atoms with Crippen LogP contribution in [0.2, 0.25) is 0 Å². The predicted octanol–water partition coefficient (Wildman–Crippen LogP) is 1.56. The van der Waals surface area contributed by atoms with Crippen molar-refractivity contribution >= 4 is 5.97 Å². The number of rotatable bonds is 2. The van der Waals surface area contributed by atoms with Gasteiger partial charge in [0.15, 0.2) is 11.4 Å². The monoisotopic (exact) mass is 207 g/mol. The zero-order valence-electron chi connectivity index (χ0n) is 6.54. The van der Waals surface area contributed by atoms with Gasteiger partial charge in [0.1, 0.15) is 0 Å². The average molecular weight is 207 g/mol. The lowest BCUT2D eigenvalue weighted by Gasteiger charge is -2.04. The highest BCUT2D eigenvalue weighted by molar-refractivity contribution is 5.87. The molecule has 1 rings (SSSR count). The van der Waals surface area contributed by atoms with E-state index in [0.717, 1.165) is 0 Å². The Morgan fingerprint density at radius 3 is 2.50 bits per heavy atom. The van der Waals surface area contributed by atoms with E-state index in [0.29, 0.717) is 6.07 Å². The van der Waals surface area contributed by atoms with Crippen LogP contribution in [-0.4, -0.2) is 21.2 Å². The Labute approximate surface area is 75.6 Å². The van der Waals surface area contributed by atoms with Crippen molar-refractivity contribution in [1.29, 1.82) is 0 Å². The number of alkyl halides is 2. The second kappa shape index (κ2) is 3.52. The van der Waals surface area contributed by atoms with Crippen LogP contribution in [0.4, 0.5) is 13.2 Å². The maximum Gasteiger partial charge on any atom is 0.355 e. The normalized spacial score (nSPS) is 10.6. The minimum absolute atomic E-state index is 0.344. The summed E-state index contributed by atoms with van der Waals surface area (Å²) in [4.78, 5) is 13.0. The molecule has 2 N–H and O–H groups in total. The number of aromatic nitrogens is 1. The third-order valence-corrected chi connectivity index (χ3v) is 1.42.